The second kappa shape index (κ2) is 8.59. The maximum atomic E-state index is 12.0. The van der Waals surface area contributed by atoms with Gasteiger partial charge in [-0.25, -0.2) is 5.43 Å². The molecular weight excluding hydrogens is 360 g/mol. The molecule has 4 N–H and O–H groups in total. The van der Waals surface area contributed by atoms with Gasteiger partial charge in [0.2, 0.25) is 0 Å². The van der Waals surface area contributed by atoms with Crippen LogP contribution >= 0.6 is 0 Å². The minimum Gasteiger partial charge on any atom is -0.504 e. The lowest BCUT2D eigenvalue weighted by Crippen LogP contribution is -2.17. The molecule has 3 aromatic rings. The molecule has 0 saturated carbocycles. The maximum absolute atomic E-state index is 12.0. The van der Waals surface area contributed by atoms with E-state index in [0.29, 0.717) is 17.9 Å². The highest BCUT2D eigenvalue weighted by Crippen LogP contribution is 2.35. The molecule has 28 heavy (non-hydrogen) atoms. The zero-order valence-electron chi connectivity index (χ0n) is 14.7. The van der Waals surface area contributed by atoms with Crippen molar-refractivity contribution in [2.45, 2.75) is 6.61 Å². The van der Waals surface area contributed by atoms with Gasteiger partial charge in [0.1, 0.15) is 12.4 Å². The average molecular weight is 378 g/mol. The van der Waals surface area contributed by atoms with Crippen molar-refractivity contribution < 1.29 is 24.9 Å². The Morgan fingerprint density at radius 3 is 2.39 bits per heavy atom. The molecule has 0 unspecified atom stereocenters. The van der Waals surface area contributed by atoms with Crippen LogP contribution in [-0.2, 0) is 6.61 Å². The van der Waals surface area contributed by atoms with E-state index in [9.17, 15) is 20.1 Å². The molecule has 0 aliphatic rings. The van der Waals surface area contributed by atoms with Crippen molar-refractivity contribution >= 4 is 12.1 Å². The number of phenols is 3. The number of amides is 1. The summed E-state index contributed by atoms with van der Waals surface area (Å²) >= 11 is 0. The van der Waals surface area contributed by atoms with Gasteiger partial charge in [0.15, 0.2) is 17.2 Å². The van der Waals surface area contributed by atoms with Crippen molar-refractivity contribution in [3.8, 4) is 23.0 Å². The normalized spacial score (nSPS) is 10.7. The first kappa shape index (κ1) is 18.8. The summed E-state index contributed by atoms with van der Waals surface area (Å²) in [6.07, 6.45) is 1.44. The predicted octanol–water partition coefficient (Wildman–Crippen LogP) is 3.15. The summed E-state index contributed by atoms with van der Waals surface area (Å²) in [7, 11) is 0. The van der Waals surface area contributed by atoms with Gasteiger partial charge < -0.3 is 20.1 Å². The van der Waals surface area contributed by atoms with E-state index in [2.05, 4.69) is 10.5 Å². The fourth-order valence-corrected chi connectivity index (χ4v) is 2.39. The van der Waals surface area contributed by atoms with Crippen LogP contribution in [0.5, 0.6) is 23.0 Å². The van der Waals surface area contributed by atoms with Crippen LogP contribution < -0.4 is 10.2 Å². The Bertz CT molecular complexity index is 980. The van der Waals surface area contributed by atoms with Crippen LogP contribution in [-0.4, -0.2) is 27.4 Å². The molecule has 0 saturated heterocycles. The molecular formula is C21H18N2O5. The molecule has 0 bridgehead atoms. The van der Waals surface area contributed by atoms with Gasteiger partial charge in [-0.1, -0.05) is 42.5 Å². The number of benzene rings is 3. The van der Waals surface area contributed by atoms with Crippen LogP contribution in [0.3, 0.4) is 0 Å². The largest absolute Gasteiger partial charge is 0.504 e. The Morgan fingerprint density at radius 1 is 0.964 bits per heavy atom. The van der Waals surface area contributed by atoms with Crippen LogP contribution in [0.4, 0.5) is 0 Å². The maximum Gasteiger partial charge on any atom is 0.271 e. The fourth-order valence-electron chi connectivity index (χ4n) is 2.39. The van der Waals surface area contributed by atoms with E-state index < -0.39 is 23.2 Å². The Labute approximate surface area is 161 Å². The van der Waals surface area contributed by atoms with Crippen LogP contribution in [0.2, 0.25) is 0 Å². The summed E-state index contributed by atoms with van der Waals surface area (Å²) in [6, 6.07) is 19.0. The van der Waals surface area contributed by atoms with Crippen molar-refractivity contribution in [3.05, 3.63) is 83.4 Å². The number of ether oxygens (including phenoxy) is 1. The number of rotatable bonds is 6. The van der Waals surface area contributed by atoms with E-state index in [0.717, 1.165) is 17.7 Å². The van der Waals surface area contributed by atoms with Gasteiger partial charge in [0.05, 0.1) is 6.21 Å². The number of nitrogens with one attached hydrogen (secondary N) is 1. The van der Waals surface area contributed by atoms with Gasteiger partial charge in [-0.3, -0.25) is 4.79 Å². The third-order valence-electron chi connectivity index (χ3n) is 3.82. The van der Waals surface area contributed by atoms with Crippen molar-refractivity contribution in [2.24, 2.45) is 5.10 Å². The Hall–Kier alpha value is -4.00. The molecule has 0 aliphatic heterocycles. The van der Waals surface area contributed by atoms with E-state index in [1.807, 2.05) is 36.4 Å². The number of carbonyl (C=O) groups is 1. The third-order valence-corrected chi connectivity index (χ3v) is 3.82. The summed E-state index contributed by atoms with van der Waals surface area (Å²) in [5.41, 5.74) is 3.99. The Morgan fingerprint density at radius 2 is 1.68 bits per heavy atom. The molecule has 0 atom stereocenters. The van der Waals surface area contributed by atoms with Crippen LogP contribution in [0.1, 0.15) is 21.5 Å². The minimum absolute atomic E-state index is 0.0510. The SMILES string of the molecule is O=C(NN=Cc1cccc(OCc2ccccc2)c1)c1cc(O)c(O)c(O)c1. The summed E-state index contributed by atoms with van der Waals surface area (Å²) in [5, 5.41) is 32.1. The first-order valence-electron chi connectivity index (χ1n) is 8.38. The van der Waals surface area contributed by atoms with Crippen molar-refractivity contribution in [1.82, 2.24) is 5.43 Å². The van der Waals surface area contributed by atoms with Gasteiger partial charge in [-0.2, -0.15) is 5.10 Å². The van der Waals surface area contributed by atoms with Gasteiger partial charge in [0.25, 0.3) is 5.91 Å². The second-order valence-electron chi connectivity index (χ2n) is 5.91. The molecule has 0 fully saturated rings. The summed E-state index contributed by atoms with van der Waals surface area (Å²) in [6.45, 7) is 0.437. The first-order chi connectivity index (χ1) is 13.5. The van der Waals surface area contributed by atoms with Gasteiger partial charge >= 0.3 is 0 Å². The van der Waals surface area contributed by atoms with E-state index in [4.69, 9.17) is 4.74 Å². The number of hydrazone groups is 1. The number of carbonyl (C=O) groups excluding carboxylic acids is 1. The fraction of sp³-hybridized carbons (Fsp3) is 0.0476. The van der Waals surface area contributed by atoms with Crippen molar-refractivity contribution in [1.29, 1.82) is 0 Å². The molecule has 3 aromatic carbocycles. The molecule has 0 aromatic heterocycles. The molecule has 1 amide bonds. The average Bonchev–Trinajstić information content (AvgIpc) is 2.71. The topological polar surface area (TPSA) is 111 Å². The molecule has 0 heterocycles. The Balaban J connectivity index is 1.60. The highest BCUT2D eigenvalue weighted by Gasteiger charge is 2.12. The predicted molar refractivity (Wildman–Crippen MR) is 104 cm³/mol. The lowest BCUT2D eigenvalue weighted by atomic mass is 10.2. The monoisotopic (exact) mass is 378 g/mol. The van der Waals surface area contributed by atoms with Gasteiger partial charge in [0, 0.05) is 5.56 Å². The number of phenolic OH excluding ortho intramolecular Hbond substituents is 3. The number of hydrogen-bond acceptors (Lipinski definition) is 6. The van der Waals surface area contributed by atoms with E-state index in [1.54, 1.807) is 18.2 Å². The number of aromatic hydroxyl groups is 3. The molecule has 3 rings (SSSR count). The molecule has 7 nitrogen and oxygen atoms in total. The Kier molecular flexibility index (Phi) is 5.76. The summed E-state index contributed by atoms with van der Waals surface area (Å²) in [5.74, 6) is -1.88. The van der Waals surface area contributed by atoms with E-state index >= 15 is 0 Å². The molecule has 0 radical (unpaired) electrons. The summed E-state index contributed by atoms with van der Waals surface area (Å²) in [4.78, 5) is 12.0. The highest BCUT2D eigenvalue weighted by molar-refractivity contribution is 5.96. The minimum atomic E-state index is -0.688. The van der Waals surface area contributed by atoms with Crippen LogP contribution in [0, 0.1) is 0 Å². The quantitative estimate of drug-likeness (QED) is 0.299. The van der Waals surface area contributed by atoms with Crippen LogP contribution in [0.25, 0.3) is 0 Å². The number of nitrogens with zero attached hydrogens (tertiary/aromatic N) is 1. The lowest BCUT2D eigenvalue weighted by molar-refractivity contribution is 0.0954. The molecule has 142 valence electrons. The molecule has 0 spiro atoms. The second-order valence-corrected chi connectivity index (χ2v) is 5.91. The zero-order valence-corrected chi connectivity index (χ0v) is 14.7. The summed E-state index contributed by atoms with van der Waals surface area (Å²) < 4.78 is 5.74. The van der Waals surface area contributed by atoms with Crippen LogP contribution in [0.15, 0.2) is 71.8 Å². The third kappa shape index (κ3) is 4.79. The van der Waals surface area contributed by atoms with E-state index in [1.165, 1.54) is 6.21 Å². The van der Waals surface area contributed by atoms with Crippen molar-refractivity contribution in [3.63, 3.8) is 0 Å². The van der Waals surface area contributed by atoms with Gasteiger partial charge in [-0.05, 0) is 35.4 Å². The molecule has 7 heteroatoms. The van der Waals surface area contributed by atoms with E-state index in [-0.39, 0.29) is 5.56 Å². The highest BCUT2D eigenvalue weighted by atomic mass is 16.5. The van der Waals surface area contributed by atoms with Crippen molar-refractivity contribution in [2.75, 3.05) is 0 Å². The first-order valence-corrected chi connectivity index (χ1v) is 8.38. The smallest absolute Gasteiger partial charge is 0.271 e. The standard InChI is InChI=1S/C21H18N2O5/c24-18-10-16(11-19(25)20(18)26)21(27)23-22-12-15-7-4-8-17(9-15)28-13-14-5-2-1-3-6-14/h1-12,24-26H,13H2,(H,23,27). The molecule has 0 aliphatic carbocycles. The zero-order chi connectivity index (χ0) is 19.9. The number of hydrogen-bond donors (Lipinski definition) is 4. The van der Waals surface area contributed by atoms with Gasteiger partial charge in [-0.15, -0.1) is 0 Å². The lowest BCUT2D eigenvalue weighted by Gasteiger charge is -2.07.